The second-order valence-corrected chi connectivity index (χ2v) is 7.56. The minimum Gasteiger partial charge on any atom is -0.360 e. The minimum absolute atomic E-state index is 0.0212. The number of nitrogens with zero attached hydrogens (tertiary/aromatic N) is 2. The van der Waals surface area contributed by atoms with Crippen molar-refractivity contribution in [2.45, 2.75) is 30.3 Å². The Labute approximate surface area is 166 Å². The van der Waals surface area contributed by atoms with Crippen molar-refractivity contribution in [2.24, 2.45) is 0 Å². The van der Waals surface area contributed by atoms with Crippen molar-refractivity contribution >= 4 is 28.4 Å². The maximum absolute atomic E-state index is 13.5. The number of fused-ring (bicyclic) bond motifs is 1. The summed E-state index contributed by atoms with van der Waals surface area (Å²) in [5.74, 6) is -0.0212. The molecular weight excluding hydrogens is 372 g/mol. The summed E-state index contributed by atoms with van der Waals surface area (Å²) in [6.07, 6.45) is 2.56. The number of ketones is 1. The van der Waals surface area contributed by atoms with Gasteiger partial charge in [-0.2, -0.15) is 0 Å². The topological polar surface area (TPSA) is 83.5 Å². The number of carbonyl (C=O) groups excluding carboxylic acids is 1. The highest BCUT2D eigenvalue weighted by Crippen LogP contribution is 2.37. The van der Waals surface area contributed by atoms with E-state index in [-0.39, 0.29) is 11.5 Å². The van der Waals surface area contributed by atoms with Gasteiger partial charge < -0.3 is 4.98 Å². The molecule has 0 fully saturated rings. The van der Waals surface area contributed by atoms with Gasteiger partial charge in [0.25, 0.3) is 0 Å². The van der Waals surface area contributed by atoms with Crippen LogP contribution in [0.15, 0.2) is 70.7 Å². The van der Waals surface area contributed by atoms with E-state index in [1.165, 1.54) is 11.8 Å². The number of benzene rings is 2. The number of aromatic amines is 2. The van der Waals surface area contributed by atoms with Crippen LogP contribution in [-0.2, 0) is 6.54 Å². The van der Waals surface area contributed by atoms with Crippen LogP contribution in [0.25, 0.3) is 10.9 Å². The molecule has 4 aromatic rings. The average molecular weight is 392 g/mol. The Morgan fingerprint density at radius 3 is 2.68 bits per heavy atom. The molecule has 0 aliphatic carbocycles. The van der Waals surface area contributed by atoms with Crippen LogP contribution in [-0.4, -0.2) is 25.5 Å². The summed E-state index contributed by atoms with van der Waals surface area (Å²) in [6.45, 7) is 2.56. The largest absolute Gasteiger partial charge is 0.360 e. The number of hydrogen-bond donors (Lipinski definition) is 2. The van der Waals surface area contributed by atoms with Crippen molar-refractivity contribution in [1.29, 1.82) is 0 Å². The third-order valence-electron chi connectivity index (χ3n) is 4.59. The van der Waals surface area contributed by atoms with Gasteiger partial charge in [-0.15, -0.1) is 5.10 Å². The molecule has 7 heteroatoms. The van der Waals surface area contributed by atoms with Crippen LogP contribution < -0.4 is 5.69 Å². The van der Waals surface area contributed by atoms with Crippen molar-refractivity contribution in [2.75, 3.05) is 0 Å². The Hall–Kier alpha value is -3.06. The first-order valence-electron chi connectivity index (χ1n) is 9.16. The van der Waals surface area contributed by atoms with Crippen LogP contribution >= 0.6 is 11.8 Å². The second-order valence-electron chi connectivity index (χ2n) is 6.48. The lowest BCUT2D eigenvalue weighted by Gasteiger charge is -2.15. The molecule has 0 bridgehead atoms. The summed E-state index contributed by atoms with van der Waals surface area (Å²) in [7, 11) is 0. The van der Waals surface area contributed by atoms with Crippen molar-refractivity contribution in [1.82, 2.24) is 19.7 Å². The number of para-hydroxylation sites is 1. The van der Waals surface area contributed by atoms with Gasteiger partial charge in [0, 0.05) is 29.2 Å². The molecule has 2 aromatic heterocycles. The Balaban J connectivity index is 1.76. The summed E-state index contributed by atoms with van der Waals surface area (Å²) in [6, 6.07) is 17.3. The number of Topliss-reactive ketones (excluding diaryl/α,β-unsaturated/α-hetero) is 1. The number of thioether (sulfide) groups is 1. The average Bonchev–Trinajstić information content (AvgIpc) is 3.31. The molecule has 0 amide bonds. The monoisotopic (exact) mass is 392 g/mol. The van der Waals surface area contributed by atoms with Crippen molar-refractivity contribution in [3.05, 3.63) is 82.4 Å². The van der Waals surface area contributed by atoms with Crippen LogP contribution in [0.5, 0.6) is 0 Å². The number of nitrogens with one attached hydrogen (secondary N) is 2. The lowest BCUT2D eigenvalue weighted by Crippen LogP contribution is -2.18. The molecule has 2 heterocycles. The number of rotatable bonds is 7. The summed E-state index contributed by atoms with van der Waals surface area (Å²) in [5.41, 5.74) is 2.18. The van der Waals surface area contributed by atoms with Crippen LogP contribution in [0.2, 0.25) is 0 Å². The number of carbonyl (C=O) groups is 1. The van der Waals surface area contributed by atoms with E-state index in [0.717, 1.165) is 22.9 Å². The van der Waals surface area contributed by atoms with Gasteiger partial charge in [0.1, 0.15) is 5.25 Å². The van der Waals surface area contributed by atoms with Gasteiger partial charge in [-0.05, 0) is 18.1 Å². The van der Waals surface area contributed by atoms with Crippen molar-refractivity contribution < 1.29 is 4.79 Å². The predicted octanol–water partition coefficient (Wildman–Crippen LogP) is 4.18. The lowest BCUT2D eigenvalue weighted by molar-refractivity contribution is 0.0991. The Kier molecular flexibility index (Phi) is 5.16. The van der Waals surface area contributed by atoms with Gasteiger partial charge in [-0.1, -0.05) is 67.2 Å². The number of H-pyrrole nitrogens is 2. The van der Waals surface area contributed by atoms with Gasteiger partial charge >= 0.3 is 5.69 Å². The van der Waals surface area contributed by atoms with E-state index in [9.17, 15) is 9.59 Å². The van der Waals surface area contributed by atoms with Crippen molar-refractivity contribution in [3.8, 4) is 0 Å². The summed E-state index contributed by atoms with van der Waals surface area (Å²) >= 11 is 1.30. The second kappa shape index (κ2) is 7.90. The van der Waals surface area contributed by atoms with Gasteiger partial charge in [-0.3, -0.25) is 9.36 Å². The molecule has 28 heavy (non-hydrogen) atoms. The zero-order chi connectivity index (χ0) is 19.5. The highest BCUT2D eigenvalue weighted by atomic mass is 32.2. The van der Waals surface area contributed by atoms with E-state index < -0.39 is 5.25 Å². The first-order chi connectivity index (χ1) is 13.7. The number of aromatic nitrogens is 4. The van der Waals surface area contributed by atoms with E-state index in [2.05, 4.69) is 15.2 Å². The number of hydrogen-bond acceptors (Lipinski definition) is 4. The van der Waals surface area contributed by atoms with Gasteiger partial charge in [0.15, 0.2) is 10.9 Å². The molecular formula is C21H20N4O2S. The van der Waals surface area contributed by atoms with E-state index in [4.69, 9.17) is 0 Å². The van der Waals surface area contributed by atoms with Crippen LogP contribution in [0.3, 0.4) is 0 Å². The van der Waals surface area contributed by atoms with Gasteiger partial charge in [-0.25, -0.2) is 9.89 Å². The summed E-state index contributed by atoms with van der Waals surface area (Å²) in [4.78, 5) is 28.8. The third kappa shape index (κ3) is 3.41. The predicted molar refractivity (Wildman–Crippen MR) is 111 cm³/mol. The zero-order valence-corrected chi connectivity index (χ0v) is 16.2. The molecule has 0 saturated heterocycles. The molecule has 0 saturated carbocycles. The first kappa shape index (κ1) is 18.3. The smallest absolute Gasteiger partial charge is 0.343 e. The molecule has 2 aromatic carbocycles. The standard InChI is InChI=1S/C21H20N4O2S/c1-2-12-25-20(27)23-24-21(25)28-19(14-8-4-3-5-9-14)18(26)16-13-22-17-11-7-6-10-15(16)17/h3-11,13,19,22H,2,12H2,1H3,(H,23,27). The van der Waals surface area contributed by atoms with E-state index in [0.29, 0.717) is 17.3 Å². The highest BCUT2D eigenvalue weighted by molar-refractivity contribution is 8.00. The highest BCUT2D eigenvalue weighted by Gasteiger charge is 2.27. The normalized spacial score (nSPS) is 12.3. The molecule has 2 N–H and O–H groups in total. The Morgan fingerprint density at radius 2 is 1.89 bits per heavy atom. The molecule has 6 nitrogen and oxygen atoms in total. The molecule has 1 unspecified atom stereocenters. The maximum Gasteiger partial charge on any atom is 0.343 e. The van der Waals surface area contributed by atoms with Gasteiger partial charge in [0.05, 0.1) is 0 Å². The molecule has 0 spiro atoms. The van der Waals surface area contributed by atoms with Crippen molar-refractivity contribution in [3.63, 3.8) is 0 Å². The molecule has 1 atom stereocenters. The molecule has 4 rings (SSSR count). The summed E-state index contributed by atoms with van der Waals surface area (Å²) < 4.78 is 1.59. The first-order valence-corrected chi connectivity index (χ1v) is 10.0. The Bertz CT molecular complexity index is 1160. The van der Waals surface area contributed by atoms with Gasteiger partial charge in [0.2, 0.25) is 0 Å². The summed E-state index contributed by atoms with van der Waals surface area (Å²) in [5, 5.41) is 7.56. The van der Waals surface area contributed by atoms with E-state index >= 15 is 0 Å². The Morgan fingerprint density at radius 1 is 1.14 bits per heavy atom. The minimum atomic E-state index is -0.508. The SMILES string of the molecule is CCCn1c(SC(C(=O)c2c[nH]c3ccccc23)c2ccccc2)n[nH]c1=O. The molecule has 142 valence electrons. The van der Waals surface area contributed by atoms with Crippen LogP contribution in [0.1, 0.15) is 34.5 Å². The lowest BCUT2D eigenvalue weighted by atomic mass is 10.0. The fourth-order valence-corrected chi connectivity index (χ4v) is 4.37. The fraction of sp³-hybridized carbons (Fsp3) is 0.190. The van der Waals surface area contributed by atoms with Crippen LogP contribution in [0.4, 0.5) is 0 Å². The fourth-order valence-electron chi connectivity index (χ4n) is 3.24. The molecule has 0 aliphatic heterocycles. The van der Waals surface area contributed by atoms with E-state index in [1.807, 2.05) is 61.5 Å². The molecule has 0 radical (unpaired) electrons. The third-order valence-corrected chi connectivity index (χ3v) is 5.83. The quantitative estimate of drug-likeness (QED) is 0.365. The maximum atomic E-state index is 13.5. The van der Waals surface area contributed by atoms with Crippen LogP contribution in [0, 0.1) is 0 Å². The zero-order valence-electron chi connectivity index (χ0n) is 15.4. The van der Waals surface area contributed by atoms with E-state index in [1.54, 1.807) is 10.8 Å². The molecule has 0 aliphatic rings.